The van der Waals surface area contributed by atoms with Crippen LogP contribution >= 0.6 is 0 Å². The SMILES string of the molecule is O=C(NCCCCc1ccc(CCCCN(C[C@@H](O)c2ccc(OCc3ccccc3)c(CO)c2)C[C@@H](O)c2ccc(OCc3ccccc3)c(CO)c2)cc1)OCc1ccccc1. The summed E-state index contributed by atoms with van der Waals surface area (Å²) in [5.41, 5.74) is 7.96. The normalized spacial score (nSPS) is 12.1. The van der Waals surface area contributed by atoms with E-state index < -0.39 is 18.3 Å². The van der Waals surface area contributed by atoms with E-state index in [0.29, 0.717) is 60.1 Å². The fourth-order valence-corrected chi connectivity index (χ4v) is 7.53. The molecule has 1 amide bonds. The molecule has 336 valence electrons. The van der Waals surface area contributed by atoms with Crippen LogP contribution in [0.25, 0.3) is 0 Å². The lowest BCUT2D eigenvalue weighted by molar-refractivity contribution is 0.0677. The molecule has 0 unspecified atom stereocenters. The average Bonchev–Trinajstić information content (AvgIpc) is 3.34. The summed E-state index contributed by atoms with van der Waals surface area (Å²) in [7, 11) is 0. The summed E-state index contributed by atoms with van der Waals surface area (Å²) in [5, 5.41) is 46.4. The smallest absolute Gasteiger partial charge is 0.407 e. The average molecular weight is 867 g/mol. The minimum absolute atomic E-state index is 0.238. The van der Waals surface area contributed by atoms with Gasteiger partial charge in [-0.25, -0.2) is 4.79 Å². The van der Waals surface area contributed by atoms with Crippen LogP contribution < -0.4 is 14.8 Å². The number of nitrogens with one attached hydrogen (secondary N) is 1. The van der Waals surface area contributed by atoms with Crippen molar-refractivity contribution >= 4 is 6.09 Å². The Hall–Kier alpha value is -6.01. The van der Waals surface area contributed by atoms with Crippen LogP contribution in [0, 0.1) is 0 Å². The van der Waals surface area contributed by atoms with E-state index in [-0.39, 0.29) is 32.9 Å². The van der Waals surface area contributed by atoms with Gasteiger partial charge in [0.1, 0.15) is 31.3 Å². The van der Waals surface area contributed by atoms with Gasteiger partial charge in [0, 0.05) is 30.8 Å². The molecule has 0 saturated heterocycles. The highest BCUT2D eigenvalue weighted by Crippen LogP contribution is 2.28. The van der Waals surface area contributed by atoms with Crippen LogP contribution in [0.15, 0.2) is 152 Å². The van der Waals surface area contributed by atoms with Gasteiger partial charge in [-0.05, 0) is 108 Å². The zero-order chi connectivity index (χ0) is 44.8. The summed E-state index contributed by atoms with van der Waals surface area (Å²) in [6, 6.07) is 48.8. The summed E-state index contributed by atoms with van der Waals surface area (Å²) in [4.78, 5) is 14.1. The summed E-state index contributed by atoms with van der Waals surface area (Å²) in [6.07, 6.45) is 3.20. The molecule has 10 heteroatoms. The van der Waals surface area contributed by atoms with Gasteiger partial charge >= 0.3 is 6.09 Å². The Morgan fingerprint density at radius 3 is 1.41 bits per heavy atom. The van der Waals surface area contributed by atoms with Crippen molar-refractivity contribution in [2.24, 2.45) is 0 Å². The second kappa shape index (κ2) is 25.9. The second-order valence-corrected chi connectivity index (χ2v) is 16.1. The first-order valence-electron chi connectivity index (χ1n) is 22.3. The molecule has 6 aromatic carbocycles. The quantitative estimate of drug-likeness (QED) is 0.0338. The molecule has 5 N–H and O–H groups in total. The van der Waals surface area contributed by atoms with Gasteiger partial charge in [0.15, 0.2) is 0 Å². The van der Waals surface area contributed by atoms with Gasteiger partial charge in [-0.15, -0.1) is 0 Å². The number of ether oxygens (including phenoxy) is 3. The molecule has 6 rings (SSSR count). The minimum Gasteiger partial charge on any atom is -0.489 e. The number of alkyl carbamates (subject to hydrolysis) is 1. The zero-order valence-corrected chi connectivity index (χ0v) is 36.6. The van der Waals surface area contributed by atoms with Gasteiger partial charge in [0.2, 0.25) is 0 Å². The Bertz CT molecular complexity index is 2150. The number of benzene rings is 6. The Kier molecular flexibility index (Phi) is 19.2. The monoisotopic (exact) mass is 866 g/mol. The van der Waals surface area contributed by atoms with Crippen LogP contribution in [-0.2, 0) is 50.6 Å². The van der Waals surface area contributed by atoms with Crippen LogP contribution in [0.4, 0.5) is 4.79 Å². The van der Waals surface area contributed by atoms with Crippen molar-refractivity contribution in [1.82, 2.24) is 10.2 Å². The topological polar surface area (TPSA) is 141 Å². The van der Waals surface area contributed by atoms with Crippen LogP contribution in [0.1, 0.15) is 88.0 Å². The first-order valence-corrected chi connectivity index (χ1v) is 22.3. The van der Waals surface area contributed by atoms with E-state index in [4.69, 9.17) is 14.2 Å². The third-order valence-electron chi connectivity index (χ3n) is 11.2. The molecule has 0 radical (unpaired) electrons. The van der Waals surface area contributed by atoms with E-state index in [2.05, 4.69) is 34.5 Å². The van der Waals surface area contributed by atoms with E-state index >= 15 is 0 Å². The highest BCUT2D eigenvalue weighted by Gasteiger charge is 2.20. The Morgan fingerprint density at radius 2 is 0.953 bits per heavy atom. The predicted octanol–water partition coefficient (Wildman–Crippen LogP) is 9.17. The lowest BCUT2D eigenvalue weighted by Crippen LogP contribution is -2.33. The third-order valence-corrected chi connectivity index (χ3v) is 11.2. The Morgan fingerprint density at radius 1 is 0.516 bits per heavy atom. The molecule has 64 heavy (non-hydrogen) atoms. The van der Waals surface area contributed by atoms with Crippen molar-refractivity contribution in [3.8, 4) is 11.5 Å². The molecule has 0 aliphatic heterocycles. The minimum atomic E-state index is -0.890. The largest absolute Gasteiger partial charge is 0.489 e. The first kappa shape index (κ1) is 47.5. The maximum absolute atomic E-state index is 12.0. The molecule has 0 aliphatic carbocycles. The van der Waals surface area contributed by atoms with Crippen molar-refractivity contribution in [3.05, 3.63) is 202 Å². The number of carbonyl (C=O) groups excluding carboxylic acids is 1. The molecule has 0 heterocycles. The number of carbonyl (C=O) groups is 1. The summed E-state index contributed by atoms with van der Waals surface area (Å²) >= 11 is 0. The standard InChI is InChI=1S/C54H62N2O8/c57-36-48-32-46(26-28-52(48)62-38-43-16-4-1-5-17-43)50(59)34-56(35-51(60)47-27-29-53(49(33-47)37-58)63-39-44-18-6-2-7-19-44)31-13-11-15-42-24-22-41(23-25-42)14-10-12-30-55-54(61)64-40-45-20-8-3-9-21-45/h1-9,16-29,32-33,50-51,57-60H,10-15,30-31,34-40H2,(H,55,61)/t50-,51-/m1/s1. The number of aryl methyl sites for hydroxylation is 2. The van der Waals surface area contributed by atoms with Gasteiger partial charge in [0.05, 0.1) is 25.4 Å². The van der Waals surface area contributed by atoms with Gasteiger partial charge in [-0.3, -0.25) is 4.90 Å². The Balaban J connectivity index is 1.01. The van der Waals surface area contributed by atoms with Crippen molar-refractivity contribution in [2.45, 2.75) is 83.8 Å². The number of aliphatic hydroxyl groups is 4. The molecule has 0 fully saturated rings. The summed E-state index contributed by atoms with van der Waals surface area (Å²) < 4.78 is 17.3. The second-order valence-electron chi connectivity index (χ2n) is 16.1. The number of hydrogen-bond acceptors (Lipinski definition) is 9. The maximum atomic E-state index is 12.0. The fraction of sp³-hybridized carbons (Fsp3) is 0.315. The van der Waals surface area contributed by atoms with Crippen molar-refractivity contribution < 1.29 is 39.4 Å². The van der Waals surface area contributed by atoms with Crippen LogP contribution in [0.3, 0.4) is 0 Å². The van der Waals surface area contributed by atoms with E-state index in [1.54, 1.807) is 24.3 Å². The third kappa shape index (κ3) is 15.7. The number of nitrogens with zero attached hydrogens (tertiary/aromatic N) is 1. The van der Waals surface area contributed by atoms with Gasteiger partial charge in [-0.2, -0.15) is 0 Å². The van der Waals surface area contributed by atoms with E-state index in [1.165, 1.54) is 11.1 Å². The highest BCUT2D eigenvalue weighted by molar-refractivity contribution is 5.67. The molecule has 0 aromatic heterocycles. The molecule has 0 saturated carbocycles. The van der Waals surface area contributed by atoms with Gasteiger partial charge < -0.3 is 40.0 Å². The molecule has 0 spiro atoms. The van der Waals surface area contributed by atoms with Crippen LogP contribution in [-0.4, -0.2) is 57.6 Å². The summed E-state index contributed by atoms with van der Waals surface area (Å²) in [5.74, 6) is 1.12. The molecule has 2 atom stereocenters. The lowest BCUT2D eigenvalue weighted by Gasteiger charge is -2.28. The van der Waals surface area contributed by atoms with E-state index in [1.807, 2.05) is 103 Å². The molecule has 6 aromatic rings. The van der Waals surface area contributed by atoms with Crippen molar-refractivity contribution in [3.63, 3.8) is 0 Å². The van der Waals surface area contributed by atoms with Gasteiger partial charge in [0.25, 0.3) is 0 Å². The first-order chi connectivity index (χ1) is 31.4. The Labute approximate surface area is 377 Å². The predicted molar refractivity (Wildman–Crippen MR) is 250 cm³/mol. The molecule has 10 nitrogen and oxygen atoms in total. The highest BCUT2D eigenvalue weighted by atomic mass is 16.5. The fourth-order valence-electron chi connectivity index (χ4n) is 7.53. The lowest BCUT2D eigenvalue weighted by atomic mass is 10.0. The number of hydrogen-bond donors (Lipinski definition) is 5. The van der Waals surface area contributed by atoms with Crippen molar-refractivity contribution in [1.29, 1.82) is 0 Å². The molecular formula is C54H62N2O8. The maximum Gasteiger partial charge on any atom is 0.407 e. The van der Waals surface area contributed by atoms with E-state index in [9.17, 15) is 25.2 Å². The molecule has 0 aliphatic rings. The van der Waals surface area contributed by atoms with Gasteiger partial charge in [-0.1, -0.05) is 127 Å². The van der Waals surface area contributed by atoms with Crippen molar-refractivity contribution in [2.75, 3.05) is 26.2 Å². The molecular weight excluding hydrogens is 805 g/mol. The summed E-state index contributed by atoms with van der Waals surface area (Å²) in [6.45, 7) is 2.22. The number of aliphatic hydroxyl groups excluding tert-OH is 4. The zero-order valence-electron chi connectivity index (χ0n) is 36.6. The van der Waals surface area contributed by atoms with E-state index in [0.717, 1.165) is 55.2 Å². The molecule has 0 bridgehead atoms. The number of amides is 1. The number of unbranched alkanes of at least 4 members (excludes halogenated alkanes) is 2. The van der Waals surface area contributed by atoms with Crippen LogP contribution in [0.2, 0.25) is 0 Å². The number of rotatable bonds is 26. The van der Waals surface area contributed by atoms with Crippen LogP contribution in [0.5, 0.6) is 11.5 Å².